The van der Waals surface area contributed by atoms with Crippen LogP contribution < -0.4 is 10.5 Å². The minimum atomic E-state index is -3.47. The molecule has 1 aromatic rings. The largest absolute Gasteiger partial charge is 0.326 e. The summed E-state index contributed by atoms with van der Waals surface area (Å²) < 4.78 is 27.7. The predicted octanol–water partition coefficient (Wildman–Crippen LogP) is 2.45. The fraction of sp³-hybridized carbons (Fsp3) is 0.667. The van der Waals surface area contributed by atoms with Crippen molar-refractivity contribution in [2.24, 2.45) is 5.73 Å². The summed E-state index contributed by atoms with van der Waals surface area (Å²) >= 11 is 1.38. The Balaban J connectivity index is 3.08. The summed E-state index contributed by atoms with van der Waals surface area (Å²) in [7, 11) is -3.47. The van der Waals surface area contributed by atoms with Gasteiger partial charge in [-0.25, -0.2) is 13.1 Å². The maximum Gasteiger partial charge on any atom is 0.242 e. The summed E-state index contributed by atoms with van der Waals surface area (Å²) in [6.45, 7) is 6.28. The number of rotatable bonds is 7. The Kier molecular flexibility index (Phi) is 5.33. The van der Waals surface area contributed by atoms with E-state index in [-0.39, 0.29) is 12.1 Å². The lowest BCUT2D eigenvalue weighted by Crippen LogP contribution is -2.47. The average molecular weight is 290 g/mol. The molecular formula is C12H22N2O2S2. The van der Waals surface area contributed by atoms with Crippen LogP contribution in [0.5, 0.6) is 0 Å². The molecule has 6 heteroatoms. The quantitative estimate of drug-likeness (QED) is 0.810. The first-order valence-corrected chi connectivity index (χ1v) is 8.61. The van der Waals surface area contributed by atoms with Crippen LogP contribution in [-0.4, -0.2) is 14.0 Å². The third-order valence-electron chi connectivity index (χ3n) is 3.56. The standard InChI is InChI=1S/C12H22N2O2S2/c1-4-12(5-2,6-3)14-18(15,16)11-7-8-17-10(11)9-13/h7-8,14H,4-6,9,13H2,1-3H3. The lowest BCUT2D eigenvalue weighted by Gasteiger charge is -2.31. The van der Waals surface area contributed by atoms with Gasteiger partial charge in [-0.05, 0) is 30.7 Å². The maximum atomic E-state index is 12.4. The van der Waals surface area contributed by atoms with Crippen LogP contribution in [0, 0.1) is 0 Å². The molecule has 104 valence electrons. The molecule has 4 nitrogen and oxygen atoms in total. The van der Waals surface area contributed by atoms with Crippen LogP contribution in [0.1, 0.15) is 44.9 Å². The SMILES string of the molecule is CCC(CC)(CC)NS(=O)(=O)c1ccsc1CN. The molecule has 0 bridgehead atoms. The summed E-state index contributed by atoms with van der Waals surface area (Å²) in [5, 5.41) is 1.77. The van der Waals surface area contributed by atoms with Gasteiger partial charge >= 0.3 is 0 Å². The van der Waals surface area contributed by atoms with Crippen molar-refractivity contribution >= 4 is 21.4 Å². The van der Waals surface area contributed by atoms with Gasteiger partial charge in [0.05, 0.1) is 4.90 Å². The van der Waals surface area contributed by atoms with Gasteiger partial charge in [-0.15, -0.1) is 11.3 Å². The van der Waals surface area contributed by atoms with Crippen LogP contribution in [0.2, 0.25) is 0 Å². The molecule has 0 saturated carbocycles. The fourth-order valence-electron chi connectivity index (χ4n) is 2.02. The Labute approximate surface area is 114 Å². The minimum absolute atomic E-state index is 0.255. The number of nitrogens with one attached hydrogen (secondary N) is 1. The van der Waals surface area contributed by atoms with E-state index < -0.39 is 10.0 Å². The molecule has 0 fully saturated rings. The van der Waals surface area contributed by atoms with Gasteiger partial charge in [0.1, 0.15) is 0 Å². The van der Waals surface area contributed by atoms with Gasteiger partial charge in [0.25, 0.3) is 0 Å². The normalized spacial score (nSPS) is 12.9. The highest BCUT2D eigenvalue weighted by Gasteiger charge is 2.31. The fourth-order valence-corrected chi connectivity index (χ4v) is 4.98. The summed E-state index contributed by atoms with van der Waals surface area (Å²) in [5.41, 5.74) is 5.22. The third-order valence-corrected chi connectivity index (χ3v) is 6.30. The van der Waals surface area contributed by atoms with E-state index in [9.17, 15) is 8.42 Å². The monoisotopic (exact) mass is 290 g/mol. The number of hydrogen-bond donors (Lipinski definition) is 2. The van der Waals surface area contributed by atoms with Crippen molar-refractivity contribution < 1.29 is 8.42 Å². The number of thiophene rings is 1. The molecule has 0 radical (unpaired) electrons. The van der Waals surface area contributed by atoms with E-state index in [2.05, 4.69) is 4.72 Å². The number of sulfonamides is 1. The van der Waals surface area contributed by atoms with Crippen LogP contribution in [-0.2, 0) is 16.6 Å². The lowest BCUT2D eigenvalue weighted by atomic mass is 9.91. The summed E-state index contributed by atoms with van der Waals surface area (Å²) in [6, 6.07) is 1.63. The van der Waals surface area contributed by atoms with E-state index in [0.29, 0.717) is 9.77 Å². The van der Waals surface area contributed by atoms with Gasteiger partial charge < -0.3 is 5.73 Å². The summed E-state index contributed by atoms with van der Waals surface area (Å²) in [5.74, 6) is 0. The number of nitrogens with two attached hydrogens (primary N) is 1. The molecule has 18 heavy (non-hydrogen) atoms. The van der Waals surface area contributed by atoms with Crippen molar-refractivity contribution in [2.75, 3.05) is 0 Å². The van der Waals surface area contributed by atoms with Crippen molar-refractivity contribution in [1.29, 1.82) is 0 Å². The number of hydrogen-bond acceptors (Lipinski definition) is 4. The van der Waals surface area contributed by atoms with Crippen LogP contribution in [0.15, 0.2) is 16.3 Å². The van der Waals surface area contributed by atoms with Gasteiger partial charge in [0.2, 0.25) is 10.0 Å². The van der Waals surface area contributed by atoms with Crippen molar-refractivity contribution in [3.63, 3.8) is 0 Å². The van der Waals surface area contributed by atoms with Crippen molar-refractivity contribution in [3.05, 3.63) is 16.3 Å². The molecule has 1 heterocycles. The Morgan fingerprint density at radius 1 is 1.28 bits per heavy atom. The zero-order valence-corrected chi connectivity index (χ0v) is 12.8. The molecule has 1 aromatic heterocycles. The van der Waals surface area contributed by atoms with Gasteiger partial charge in [0, 0.05) is 17.0 Å². The molecule has 0 aliphatic rings. The molecule has 0 spiro atoms. The Hall–Kier alpha value is -0.430. The van der Waals surface area contributed by atoms with E-state index in [0.717, 1.165) is 19.3 Å². The molecule has 0 aliphatic carbocycles. The highest BCUT2D eigenvalue weighted by molar-refractivity contribution is 7.89. The molecular weight excluding hydrogens is 268 g/mol. The molecule has 0 amide bonds. The average Bonchev–Trinajstić information content (AvgIpc) is 2.85. The Morgan fingerprint density at radius 2 is 1.83 bits per heavy atom. The van der Waals surface area contributed by atoms with E-state index in [1.807, 2.05) is 20.8 Å². The Bertz CT molecular complexity index is 468. The minimum Gasteiger partial charge on any atom is -0.326 e. The second-order valence-electron chi connectivity index (χ2n) is 4.36. The molecule has 0 aliphatic heterocycles. The van der Waals surface area contributed by atoms with Gasteiger partial charge in [-0.1, -0.05) is 20.8 Å². The summed E-state index contributed by atoms with van der Waals surface area (Å²) in [4.78, 5) is 1.04. The molecule has 3 N–H and O–H groups in total. The van der Waals surface area contributed by atoms with Crippen LogP contribution in [0.25, 0.3) is 0 Å². The van der Waals surface area contributed by atoms with Gasteiger partial charge in [-0.2, -0.15) is 0 Å². The molecule has 0 saturated heterocycles. The maximum absolute atomic E-state index is 12.4. The molecule has 0 unspecified atom stereocenters. The zero-order valence-electron chi connectivity index (χ0n) is 11.2. The first-order valence-electron chi connectivity index (χ1n) is 6.25. The molecule has 0 aromatic carbocycles. The smallest absolute Gasteiger partial charge is 0.242 e. The second kappa shape index (κ2) is 6.14. The molecule has 0 atom stereocenters. The third kappa shape index (κ3) is 3.12. The second-order valence-corrected chi connectivity index (χ2v) is 7.01. The van der Waals surface area contributed by atoms with Crippen molar-refractivity contribution in [2.45, 2.75) is 57.0 Å². The van der Waals surface area contributed by atoms with E-state index in [1.54, 1.807) is 11.4 Å². The first kappa shape index (κ1) is 15.6. The van der Waals surface area contributed by atoms with E-state index in [1.165, 1.54) is 11.3 Å². The van der Waals surface area contributed by atoms with Gasteiger partial charge in [-0.3, -0.25) is 0 Å². The predicted molar refractivity (Wildman–Crippen MR) is 76.1 cm³/mol. The van der Waals surface area contributed by atoms with Gasteiger partial charge in [0.15, 0.2) is 0 Å². The van der Waals surface area contributed by atoms with E-state index in [4.69, 9.17) is 5.73 Å². The van der Waals surface area contributed by atoms with Crippen molar-refractivity contribution in [1.82, 2.24) is 4.72 Å². The molecule has 1 rings (SSSR count). The Morgan fingerprint density at radius 3 is 2.28 bits per heavy atom. The van der Waals surface area contributed by atoms with Crippen LogP contribution in [0.4, 0.5) is 0 Å². The topological polar surface area (TPSA) is 72.2 Å². The highest BCUT2D eigenvalue weighted by atomic mass is 32.2. The van der Waals surface area contributed by atoms with E-state index >= 15 is 0 Å². The van der Waals surface area contributed by atoms with Crippen LogP contribution >= 0.6 is 11.3 Å². The highest BCUT2D eigenvalue weighted by Crippen LogP contribution is 2.26. The van der Waals surface area contributed by atoms with Crippen molar-refractivity contribution in [3.8, 4) is 0 Å². The lowest BCUT2D eigenvalue weighted by molar-refractivity contribution is 0.341. The van der Waals surface area contributed by atoms with Crippen LogP contribution in [0.3, 0.4) is 0 Å². The summed E-state index contributed by atoms with van der Waals surface area (Å²) in [6.07, 6.45) is 2.34. The zero-order chi connectivity index (χ0) is 13.8. The first-order chi connectivity index (χ1) is 8.44.